The third kappa shape index (κ3) is 2.52. The van der Waals surface area contributed by atoms with E-state index < -0.39 is 28.6 Å². The Hall–Kier alpha value is -1.29. The van der Waals surface area contributed by atoms with Gasteiger partial charge in [0.05, 0.1) is 0 Å². The van der Waals surface area contributed by atoms with Crippen LogP contribution in [-0.2, 0) is 9.31 Å². The first-order valence-corrected chi connectivity index (χ1v) is 3.74. The van der Waals surface area contributed by atoms with Gasteiger partial charge in [-0.2, -0.15) is 13.2 Å². The number of halogens is 6. The molecular formula is C7H6F6O4. The van der Waals surface area contributed by atoms with Crippen LogP contribution in [0, 0.1) is 0 Å². The Bertz CT molecular complexity index is 314. The van der Waals surface area contributed by atoms with Crippen molar-refractivity contribution in [2.24, 2.45) is 0 Å². The average Bonchev–Trinajstić information content (AvgIpc) is 2.51. The molecule has 0 bridgehead atoms. The molecule has 0 aromatic rings. The third-order valence-electron chi connectivity index (χ3n) is 1.55. The van der Waals surface area contributed by atoms with Gasteiger partial charge in [-0.05, 0) is 6.92 Å². The molecule has 1 unspecified atom stereocenters. The van der Waals surface area contributed by atoms with Crippen molar-refractivity contribution in [1.29, 1.82) is 0 Å². The van der Waals surface area contributed by atoms with Gasteiger partial charge in [-0.1, -0.05) is 6.58 Å². The van der Waals surface area contributed by atoms with Crippen molar-refractivity contribution in [3.63, 3.8) is 0 Å². The zero-order valence-corrected chi connectivity index (χ0v) is 8.15. The van der Waals surface area contributed by atoms with Crippen LogP contribution in [0.15, 0.2) is 12.2 Å². The minimum absolute atomic E-state index is 0.176. The van der Waals surface area contributed by atoms with Gasteiger partial charge in [0.1, 0.15) is 0 Å². The van der Waals surface area contributed by atoms with Crippen LogP contribution >= 0.6 is 0 Å². The van der Waals surface area contributed by atoms with Gasteiger partial charge >= 0.3 is 24.1 Å². The molecule has 0 amide bonds. The fourth-order valence-electron chi connectivity index (χ4n) is 0.506. The molecule has 0 radical (unpaired) electrons. The van der Waals surface area contributed by atoms with Crippen LogP contribution in [0.5, 0.6) is 0 Å². The molecule has 100 valence electrons. The van der Waals surface area contributed by atoms with E-state index >= 15 is 0 Å². The largest absolute Gasteiger partial charge is 0.604 e. The zero-order chi connectivity index (χ0) is 14.2. The highest BCUT2D eigenvalue weighted by atomic mass is 19.4. The number of carboxylic acids is 1. The first-order valence-electron chi connectivity index (χ1n) is 3.74. The standard InChI is InChI=1S/C4H6O2.C3F6O2/c1-3(2)4(5)6;4-1(2(5,6)7)3(8,9)11(1)10/h1H2,2H3,(H,5,6);. The second-order valence-corrected chi connectivity index (χ2v) is 2.96. The highest BCUT2D eigenvalue weighted by Gasteiger charge is 3.04. The van der Waals surface area contributed by atoms with Crippen molar-refractivity contribution < 1.29 is 46.0 Å². The van der Waals surface area contributed by atoms with Crippen LogP contribution in [0.25, 0.3) is 0 Å². The van der Waals surface area contributed by atoms with Crippen LogP contribution in [-0.4, -0.2) is 29.2 Å². The van der Waals surface area contributed by atoms with E-state index in [9.17, 15) is 36.4 Å². The molecule has 1 heterocycles. The molecule has 0 aromatic carbocycles. The Kier molecular flexibility index (Phi) is 3.87. The van der Waals surface area contributed by atoms with E-state index in [2.05, 4.69) is 6.58 Å². The van der Waals surface area contributed by atoms with E-state index in [-0.39, 0.29) is 5.57 Å². The predicted molar refractivity (Wildman–Crippen MR) is 38.4 cm³/mol. The summed E-state index contributed by atoms with van der Waals surface area (Å²) in [4.78, 5) is 9.60. The van der Waals surface area contributed by atoms with Gasteiger partial charge in [-0.3, -0.25) is 0 Å². The summed E-state index contributed by atoms with van der Waals surface area (Å²) in [6.07, 6.45) is -10.9. The second-order valence-electron chi connectivity index (χ2n) is 2.96. The maximum Gasteiger partial charge on any atom is 0.604 e. The topological polar surface area (TPSA) is 63.1 Å². The van der Waals surface area contributed by atoms with Gasteiger partial charge in [-0.25, -0.2) is 4.79 Å². The monoisotopic (exact) mass is 268 g/mol. The number of carboxylic acid groups (broad SMARTS) is 1. The predicted octanol–water partition coefficient (Wildman–Crippen LogP) is 1.30. The first-order chi connectivity index (χ1) is 7.30. The van der Waals surface area contributed by atoms with E-state index in [4.69, 9.17) is 5.11 Å². The van der Waals surface area contributed by atoms with Gasteiger partial charge in [0.15, 0.2) is 0 Å². The van der Waals surface area contributed by atoms with Crippen LogP contribution in [0.2, 0.25) is 0 Å². The summed E-state index contributed by atoms with van der Waals surface area (Å²) in [5, 5.41) is 17.4. The molecule has 10 heteroatoms. The highest BCUT2D eigenvalue weighted by molar-refractivity contribution is 5.84. The van der Waals surface area contributed by atoms with E-state index in [1.54, 1.807) is 0 Å². The number of alkyl halides is 6. The Morgan fingerprint density at radius 3 is 1.59 bits per heavy atom. The summed E-state index contributed by atoms with van der Waals surface area (Å²) < 4.78 is 67.6. The van der Waals surface area contributed by atoms with Crippen molar-refractivity contribution in [2.75, 3.05) is 0 Å². The summed E-state index contributed by atoms with van der Waals surface area (Å²) >= 11 is 0. The van der Waals surface area contributed by atoms with E-state index in [0.29, 0.717) is 0 Å². The molecule has 1 fully saturated rings. The molecule has 0 aromatic heterocycles. The molecule has 4 nitrogen and oxygen atoms in total. The quantitative estimate of drug-likeness (QED) is 0.256. The van der Waals surface area contributed by atoms with Gasteiger partial charge in [0.2, 0.25) is 0 Å². The molecule has 17 heavy (non-hydrogen) atoms. The molecule has 1 aliphatic rings. The number of carbonyl (C=O) groups is 1. The van der Waals surface area contributed by atoms with E-state index in [1.165, 1.54) is 6.92 Å². The molecule has 1 rings (SSSR count). The van der Waals surface area contributed by atoms with E-state index in [0.717, 1.165) is 0 Å². The summed E-state index contributed by atoms with van der Waals surface area (Å²) in [5.41, 5.74) is 0.176. The van der Waals surface area contributed by atoms with Gasteiger partial charge < -0.3 is 14.9 Å². The number of hydrogen-bond acceptors (Lipinski definition) is 2. The molecule has 1 saturated heterocycles. The summed E-state index contributed by atoms with van der Waals surface area (Å²) in [5.74, 6) is -6.03. The zero-order valence-electron chi connectivity index (χ0n) is 8.15. The lowest BCUT2D eigenvalue weighted by atomic mass is 10.4. The van der Waals surface area contributed by atoms with Crippen molar-refractivity contribution in [2.45, 2.75) is 25.1 Å². The lowest BCUT2D eigenvalue weighted by Gasteiger charge is -2.02. The molecule has 0 aliphatic carbocycles. The normalized spacial score (nSPS) is 26.8. The van der Waals surface area contributed by atoms with Crippen molar-refractivity contribution in [3.05, 3.63) is 12.2 Å². The SMILES string of the molecule is C=C(C)C(=O)O.[O-][O+]1C(F)(F)C1(F)C(F)(F)F. The smallest absolute Gasteiger partial charge is 0.526 e. The first kappa shape index (κ1) is 15.7. The fraction of sp³-hybridized carbons (Fsp3) is 0.571. The molecule has 0 spiro atoms. The van der Waals surface area contributed by atoms with Crippen LogP contribution in [0.3, 0.4) is 0 Å². The Morgan fingerprint density at radius 1 is 1.35 bits per heavy atom. The van der Waals surface area contributed by atoms with Crippen molar-refractivity contribution >= 4 is 5.97 Å². The number of hydrogen-bond donors (Lipinski definition) is 1. The third-order valence-corrected chi connectivity index (χ3v) is 1.55. The number of epoxide rings is 1. The maximum atomic E-state index is 11.9. The van der Waals surface area contributed by atoms with Crippen molar-refractivity contribution in [3.8, 4) is 0 Å². The Labute approximate surface area is 90.3 Å². The van der Waals surface area contributed by atoms with E-state index in [1.807, 2.05) is 0 Å². The minimum atomic E-state index is -5.89. The van der Waals surface area contributed by atoms with Crippen molar-refractivity contribution in [1.82, 2.24) is 0 Å². The van der Waals surface area contributed by atoms with Gasteiger partial charge in [0.25, 0.3) is 0 Å². The van der Waals surface area contributed by atoms with Crippen LogP contribution in [0.4, 0.5) is 26.3 Å². The molecular weight excluding hydrogens is 262 g/mol. The molecule has 1 aliphatic heterocycles. The van der Waals surface area contributed by atoms with Crippen LogP contribution < -0.4 is 5.26 Å². The van der Waals surface area contributed by atoms with Gasteiger partial charge in [0, 0.05) is 5.57 Å². The lowest BCUT2D eigenvalue weighted by molar-refractivity contribution is -0.778. The minimum Gasteiger partial charge on any atom is -0.526 e. The van der Waals surface area contributed by atoms with Gasteiger partial charge in [-0.15, -0.1) is 13.2 Å². The second kappa shape index (κ2) is 4.18. The summed E-state index contributed by atoms with van der Waals surface area (Å²) in [7, 11) is 0. The fourth-order valence-corrected chi connectivity index (χ4v) is 0.506. The maximum absolute atomic E-state index is 11.9. The van der Waals surface area contributed by atoms with Crippen LogP contribution in [0.1, 0.15) is 6.92 Å². The molecule has 1 N–H and O–H groups in total. The number of rotatable bonds is 1. The summed E-state index contributed by atoms with van der Waals surface area (Å²) in [6.45, 7) is 4.60. The highest BCUT2D eigenvalue weighted by Crippen LogP contribution is 2.64. The Morgan fingerprint density at radius 2 is 1.59 bits per heavy atom. The summed E-state index contributed by atoms with van der Waals surface area (Å²) in [6, 6.07) is 0. The average molecular weight is 268 g/mol. The Balaban J connectivity index is 0.000000366. The molecule has 1 atom stereocenters. The number of aliphatic carboxylic acids is 1. The lowest BCUT2D eigenvalue weighted by Crippen LogP contribution is -2.34. The molecule has 0 saturated carbocycles.